The molecule has 1 saturated heterocycles. The summed E-state index contributed by atoms with van der Waals surface area (Å²) in [6.07, 6.45) is 5.42. The first-order valence-electron chi connectivity index (χ1n) is 9.84. The van der Waals surface area contributed by atoms with Crippen molar-refractivity contribution in [3.05, 3.63) is 52.7 Å². The lowest BCUT2D eigenvalue weighted by Gasteiger charge is -2.33. The number of halogens is 1. The summed E-state index contributed by atoms with van der Waals surface area (Å²) in [5, 5.41) is 2.91. The molecule has 1 aliphatic heterocycles. The molecule has 1 N–H and O–H groups in total. The first-order valence-corrected chi connectivity index (χ1v) is 9.84. The summed E-state index contributed by atoms with van der Waals surface area (Å²) in [7, 11) is 0. The van der Waals surface area contributed by atoms with Gasteiger partial charge in [-0.15, -0.1) is 0 Å². The summed E-state index contributed by atoms with van der Waals surface area (Å²) >= 11 is 0. The third kappa shape index (κ3) is 3.54. The number of likely N-dealkylation sites (tertiary alicyclic amines) is 1. The van der Waals surface area contributed by atoms with Gasteiger partial charge in [0.05, 0.1) is 11.0 Å². The van der Waals surface area contributed by atoms with Crippen LogP contribution in [0.15, 0.2) is 41.3 Å². The molecule has 3 heterocycles. The number of fused-ring (bicyclic) bond motifs is 3. The lowest BCUT2D eigenvalue weighted by atomic mass is 10.0. The SMILES string of the molecule is C[C@@H]1CCCCN1CCNC(=O)Cn1c(=O)c2cccn2c2ccc(F)cc21. The number of benzene rings is 1. The number of nitrogens with one attached hydrogen (secondary N) is 1. The molecule has 1 atom stereocenters. The molecule has 0 radical (unpaired) electrons. The van der Waals surface area contributed by atoms with Crippen molar-refractivity contribution in [1.29, 1.82) is 0 Å². The molecule has 6 nitrogen and oxygen atoms in total. The Morgan fingerprint density at radius 3 is 2.89 bits per heavy atom. The molecular weight excluding hydrogens is 359 g/mol. The topological polar surface area (TPSA) is 58.8 Å². The molecule has 0 saturated carbocycles. The highest BCUT2D eigenvalue weighted by Crippen LogP contribution is 2.17. The number of hydrogen-bond acceptors (Lipinski definition) is 3. The maximum Gasteiger partial charge on any atom is 0.275 e. The van der Waals surface area contributed by atoms with E-state index in [1.807, 2.05) is 0 Å². The van der Waals surface area contributed by atoms with Crippen LogP contribution in [0.5, 0.6) is 0 Å². The third-order valence-electron chi connectivity index (χ3n) is 5.66. The molecule has 2 aromatic heterocycles. The largest absolute Gasteiger partial charge is 0.353 e. The van der Waals surface area contributed by atoms with E-state index in [-0.39, 0.29) is 18.0 Å². The molecule has 0 unspecified atom stereocenters. The van der Waals surface area contributed by atoms with Crippen molar-refractivity contribution in [2.24, 2.45) is 0 Å². The number of carbonyl (C=O) groups excluding carboxylic acids is 1. The zero-order valence-electron chi connectivity index (χ0n) is 16.0. The van der Waals surface area contributed by atoms with Crippen LogP contribution in [0.1, 0.15) is 26.2 Å². The number of rotatable bonds is 5. The van der Waals surface area contributed by atoms with E-state index in [9.17, 15) is 14.0 Å². The van der Waals surface area contributed by atoms with Crippen molar-refractivity contribution in [2.45, 2.75) is 38.8 Å². The first-order chi connectivity index (χ1) is 13.5. The number of nitrogens with zero attached hydrogens (tertiary/aromatic N) is 3. The lowest BCUT2D eigenvalue weighted by molar-refractivity contribution is -0.121. The Kier molecular flexibility index (Phi) is 5.17. The van der Waals surface area contributed by atoms with Gasteiger partial charge in [0.1, 0.15) is 17.9 Å². The predicted molar refractivity (Wildman–Crippen MR) is 107 cm³/mol. The number of carbonyl (C=O) groups is 1. The van der Waals surface area contributed by atoms with Crippen molar-refractivity contribution in [3.8, 4) is 0 Å². The molecule has 148 valence electrons. The van der Waals surface area contributed by atoms with E-state index in [1.165, 1.54) is 36.0 Å². The van der Waals surface area contributed by atoms with Crippen molar-refractivity contribution in [3.63, 3.8) is 0 Å². The van der Waals surface area contributed by atoms with Gasteiger partial charge in [0.15, 0.2) is 0 Å². The van der Waals surface area contributed by atoms with Gasteiger partial charge in [-0.2, -0.15) is 0 Å². The lowest BCUT2D eigenvalue weighted by Crippen LogP contribution is -2.43. The van der Waals surface area contributed by atoms with Crippen LogP contribution >= 0.6 is 0 Å². The monoisotopic (exact) mass is 384 g/mol. The Bertz CT molecular complexity index is 1070. The normalized spacial score (nSPS) is 18.0. The molecule has 1 aliphatic rings. The molecule has 1 aromatic carbocycles. The minimum Gasteiger partial charge on any atom is -0.353 e. The van der Waals surface area contributed by atoms with E-state index < -0.39 is 5.82 Å². The Labute approximate surface area is 162 Å². The average Bonchev–Trinajstić information content (AvgIpc) is 3.17. The van der Waals surface area contributed by atoms with Crippen LogP contribution in [0.2, 0.25) is 0 Å². The van der Waals surface area contributed by atoms with Gasteiger partial charge in [0.2, 0.25) is 5.91 Å². The highest BCUT2D eigenvalue weighted by Gasteiger charge is 2.18. The summed E-state index contributed by atoms with van der Waals surface area (Å²) in [5.41, 5.74) is 1.27. The van der Waals surface area contributed by atoms with Crippen LogP contribution < -0.4 is 10.9 Å². The maximum absolute atomic E-state index is 13.8. The number of aromatic nitrogens is 2. The zero-order chi connectivity index (χ0) is 19.7. The fraction of sp³-hybridized carbons (Fsp3) is 0.429. The van der Waals surface area contributed by atoms with E-state index in [0.29, 0.717) is 29.1 Å². The minimum atomic E-state index is -0.438. The number of hydrogen-bond donors (Lipinski definition) is 1. The smallest absolute Gasteiger partial charge is 0.275 e. The van der Waals surface area contributed by atoms with Gasteiger partial charge in [-0.05, 0) is 56.6 Å². The van der Waals surface area contributed by atoms with Crippen molar-refractivity contribution < 1.29 is 9.18 Å². The summed E-state index contributed by atoms with van der Waals surface area (Å²) in [4.78, 5) is 27.7. The van der Waals surface area contributed by atoms with Crippen LogP contribution in [0.25, 0.3) is 16.6 Å². The predicted octanol–water partition coefficient (Wildman–Crippen LogP) is 2.38. The zero-order valence-corrected chi connectivity index (χ0v) is 16.0. The Morgan fingerprint density at radius 1 is 1.21 bits per heavy atom. The second kappa shape index (κ2) is 7.75. The van der Waals surface area contributed by atoms with Crippen LogP contribution in [-0.2, 0) is 11.3 Å². The molecule has 7 heteroatoms. The van der Waals surface area contributed by atoms with Crippen molar-refractivity contribution >= 4 is 22.5 Å². The average molecular weight is 384 g/mol. The summed E-state index contributed by atoms with van der Waals surface area (Å²) in [5.74, 6) is -0.681. The molecule has 28 heavy (non-hydrogen) atoms. The summed E-state index contributed by atoms with van der Waals surface area (Å²) in [6, 6.07) is 8.30. The van der Waals surface area contributed by atoms with Gasteiger partial charge in [-0.25, -0.2) is 4.39 Å². The maximum atomic E-state index is 13.8. The molecule has 0 aliphatic carbocycles. The van der Waals surface area contributed by atoms with E-state index in [0.717, 1.165) is 13.1 Å². The molecule has 1 amide bonds. The van der Waals surface area contributed by atoms with Gasteiger partial charge in [0.25, 0.3) is 5.56 Å². The van der Waals surface area contributed by atoms with E-state index in [2.05, 4.69) is 17.1 Å². The molecule has 0 spiro atoms. The van der Waals surface area contributed by atoms with E-state index in [1.54, 1.807) is 28.8 Å². The molecule has 3 aromatic rings. The fourth-order valence-electron chi connectivity index (χ4n) is 4.11. The third-order valence-corrected chi connectivity index (χ3v) is 5.66. The highest BCUT2D eigenvalue weighted by atomic mass is 19.1. The molecule has 0 bridgehead atoms. The number of amides is 1. The van der Waals surface area contributed by atoms with Gasteiger partial charge in [-0.3, -0.25) is 19.1 Å². The number of piperidine rings is 1. The van der Waals surface area contributed by atoms with Crippen LogP contribution in [-0.4, -0.2) is 45.5 Å². The van der Waals surface area contributed by atoms with Crippen molar-refractivity contribution in [2.75, 3.05) is 19.6 Å². The molecule has 4 rings (SSSR count). The van der Waals surface area contributed by atoms with Crippen LogP contribution in [0, 0.1) is 5.82 Å². The van der Waals surface area contributed by atoms with Gasteiger partial charge in [-0.1, -0.05) is 6.42 Å². The highest BCUT2D eigenvalue weighted by molar-refractivity contribution is 5.82. The minimum absolute atomic E-state index is 0.129. The Morgan fingerprint density at radius 2 is 2.07 bits per heavy atom. The second-order valence-corrected chi connectivity index (χ2v) is 7.52. The quantitative estimate of drug-likeness (QED) is 0.735. The summed E-state index contributed by atoms with van der Waals surface area (Å²) in [6.45, 7) is 4.49. The van der Waals surface area contributed by atoms with Crippen LogP contribution in [0.4, 0.5) is 4.39 Å². The van der Waals surface area contributed by atoms with E-state index in [4.69, 9.17) is 0 Å². The summed E-state index contributed by atoms with van der Waals surface area (Å²) < 4.78 is 16.9. The van der Waals surface area contributed by atoms with Gasteiger partial charge >= 0.3 is 0 Å². The standard InChI is InChI=1S/C21H25FN4O2/c1-15-5-2-3-10-24(15)12-9-23-20(27)14-26-19-13-16(22)7-8-17(19)25-11-4-6-18(25)21(26)28/h4,6-8,11,13,15H,2-3,5,9-10,12,14H2,1H3,(H,23,27)/t15-/m1/s1. The second-order valence-electron chi connectivity index (χ2n) is 7.52. The molecular formula is C21H25FN4O2. The Hall–Kier alpha value is -2.67. The first kappa shape index (κ1) is 18.7. The Balaban J connectivity index is 1.53. The van der Waals surface area contributed by atoms with Crippen molar-refractivity contribution in [1.82, 2.24) is 19.2 Å². The fourth-order valence-corrected chi connectivity index (χ4v) is 4.11. The van der Waals surface area contributed by atoms with Gasteiger partial charge in [0, 0.05) is 25.3 Å². The molecule has 1 fully saturated rings. The van der Waals surface area contributed by atoms with Gasteiger partial charge < -0.3 is 9.72 Å². The van der Waals surface area contributed by atoms with E-state index >= 15 is 0 Å². The van der Waals surface area contributed by atoms with Crippen LogP contribution in [0.3, 0.4) is 0 Å².